The number of hydrogen-bond donors (Lipinski definition) is 0. The van der Waals surface area contributed by atoms with E-state index in [1.807, 2.05) is 54.6 Å². The predicted molar refractivity (Wildman–Crippen MR) is 93.0 cm³/mol. The number of halogens is 1. The predicted octanol–water partition coefficient (Wildman–Crippen LogP) is 5.12. The van der Waals surface area contributed by atoms with Crippen LogP contribution in [0.3, 0.4) is 0 Å². The Morgan fingerprint density at radius 1 is 0.917 bits per heavy atom. The van der Waals surface area contributed by atoms with Crippen molar-refractivity contribution in [1.29, 1.82) is 0 Å². The van der Waals surface area contributed by atoms with Crippen molar-refractivity contribution in [3.8, 4) is 17.1 Å². The van der Waals surface area contributed by atoms with Gasteiger partial charge in [-0.05, 0) is 35.7 Å². The fourth-order valence-electron chi connectivity index (χ4n) is 2.49. The third kappa shape index (κ3) is 2.96. The first kappa shape index (κ1) is 14.7. The summed E-state index contributed by atoms with van der Waals surface area (Å²) in [5, 5.41) is 6.83. The Hall–Kier alpha value is -2.85. The van der Waals surface area contributed by atoms with Crippen molar-refractivity contribution in [1.82, 2.24) is 10.1 Å². The van der Waals surface area contributed by atoms with Gasteiger partial charge in [-0.15, -0.1) is 0 Å². The summed E-state index contributed by atoms with van der Waals surface area (Å²) in [4.78, 5) is 4.36. The molecule has 0 saturated heterocycles. The molecule has 0 atom stereocenters. The molecular formula is C19H13ClN2O2. The summed E-state index contributed by atoms with van der Waals surface area (Å²) in [5.41, 5.74) is 0.847. The van der Waals surface area contributed by atoms with Gasteiger partial charge in [-0.3, -0.25) is 0 Å². The SMILES string of the molecule is Clc1ccc(-c2noc(COc3cccc4ccccc34)n2)cc1. The van der Waals surface area contributed by atoms with E-state index >= 15 is 0 Å². The van der Waals surface area contributed by atoms with Crippen LogP contribution < -0.4 is 4.74 Å². The molecule has 1 heterocycles. The Morgan fingerprint density at radius 2 is 1.71 bits per heavy atom. The molecule has 24 heavy (non-hydrogen) atoms. The summed E-state index contributed by atoms with van der Waals surface area (Å²) in [6, 6.07) is 21.3. The molecule has 0 spiro atoms. The second-order valence-corrected chi connectivity index (χ2v) is 5.72. The number of nitrogens with zero attached hydrogens (tertiary/aromatic N) is 2. The van der Waals surface area contributed by atoms with Crippen LogP contribution in [0.4, 0.5) is 0 Å². The molecule has 4 nitrogen and oxygen atoms in total. The molecular weight excluding hydrogens is 324 g/mol. The van der Waals surface area contributed by atoms with Gasteiger partial charge in [0.15, 0.2) is 6.61 Å². The molecule has 5 heteroatoms. The van der Waals surface area contributed by atoms with Gasteiger partial charge in [-0.2, -0.15) is 4.98 Å². The van der Waals surface area contributed by atoms with Gasteiger partial charge in [-0.1, -0.05) is 53.2 Å². The van der Waals surface area contributed by atoms with Crippen LogP contribution in [0, 0.1) is 0 Å². The minimum Gasteiger partial charge on any atom is -0.483 e. The zero-order chi connectivity index (χ0) is 16.4. The number of ether oxygens (including phenoxy) is 1. The summed E-state index contributed by atoms with van der Waals surface area (Å²) in [7, 11) is 0. The molecule has 118 valence electrons. The Morgan fingerprint density at radius 3 is 2.58 bits per heavy atom. The van der Waals surface area contributed by atoms with Gasteiger partial charge < -0.3 is 9.26 Å². The lowest BCUT2D eigenvalue weighted by molar-refractivity contribution is 0.245. The number of aromatic nitrogens is 2. The van der Waals surface area contributed by atoms with E-state index in [1.54, 1.807) is 12.1 Å². The summed E-state index contributed by atoms with van der Waals surface area (Å²) in [6.07, 6.45) is 0. The van der Waals surface area contributed by atoms with Crippen molar-refractivity contribution >= 4 is 22.4 Å². The molecule has 0 amide bonds. The summed E-state index contributed by atoms with van der Waals surface area (Å²) in [5.74, 6) is 1.73. The smallest absolute Gasteiger partial charge is 0.264 e. The molecule has 0 saturated carbocycles. The van der Waals surface area contributed by atoms with Crippen LogP contribution in [-0.2, 0) is 6.61 Å². The summed E-state index contributed by atoms with van der Waals surface area (Å²) >= 11 is 5.89. The zero-order valence-corrected chi connectivity index (χ0v) is 13.4. The lowest BCUT2D eigenvalue weighted by atomic mass is 10.1. The zero-order valence-electron chi connectivity index (χ0n) is 12.6. The third-order valence-electron chi connectivity index (χ3n) is 3.67. The van der Waals surface area contributed by atoms with Crippen LogP contribution in [0.15, 0.2) is 71.3 Å². The molecule has 3 aromatic carbocycles. The maximum Gasteiger partial charge on any atom is 0.264 e. The number of benzene rings is 3. The number of rotatable bonds is 4. The minimum absolute atomic E-state index is 0.217. The van der Waals surface area contributed by atoms with Crippen molar-refractivity contribution in [2.45, 2.75) is 6.61 Å². The molecule has 0 unspecified atom stereocenters. The van der Waals surface area contributed by atoms with Crippen LogP contribution in [0.25, 0.3) is 22.2 Å². The molecule has 1 aromatic heterocycles. The van der Waals surface area contributed by atoms with Crippen molar-refractivity contribution in [2.24, 2.45) is 0 Å². The van der Waals surface area contributed by atoms with Crippen LogP contribution in [0.2, 0.25) is 5.02 Å². The lowest BCUT2D eigenvalue weighted by Gasteiger charge is -2.06. The van der Waals surface area contributed by atoms with Gasteiger partial charge in [0.2, 0.25) is 5.82 Å². The highest BCUT2D eigenvalue weighted by Gasteiger charge is 2.10. The largest absolute Gasteiger partial charge is 0.483 e. The average molecular weight is 337 g/mol. The van der Waals surface area contributed by atoms with E-state index in [4.69, 9.17) is 20.9 Å². The second kappa shape index (κ2) is 6.34. The highest BCUT2D eigenvalue weighted by atomic mass is 35.5. The van der Waals surface area contributed by atoms with E-state index < -0.39 is 0 Å². The summed E-state index contributed by atoms with van der Waals surface area (Å²) in [6.45, 7) is 0.217. The van der Waals surface area contributed by atoms with E-state index in [2.05, 4.69) is 10.1 Å². The molecule has 0 bridgehead atoms. The minimum atomic E-state index is 0.217. The van der Waals surface area contributed by atoms with Crippen LogP contribution in [0.5, 0.6) is 5.75 Å². The summed E-state index contributed by atoms with van der Waals surface area (Å²) < 4.78 is 11.1. The maximum absolute atomic E-state index is 5.89. The first-order chi connectivity index (χ1) is 11.8. The Kier molecular flexibility index (Phi) is 3.89. The van der Waals surface area contributed by atoms with E-state index in [0.29, 0.717) is 16.7 Å². The van der Waals surface area contributed by atoms with E-state index in [-0.39, 0.29) is 6.61 Å². The highest BCUT2D eigenvalue weighted by molar-refractivity contribution is 6.30. The fraction of sp³-hybridized carbons (Fsp3) is 0.0526. The van der Waals surface area contributed by atoms with Crippen molar-refractivity contribution < 1.29 is 9.26 Å². The number of hydrogen-bond acceptors (Lipinski definition) is 4. The standard InChI is InChI=1S/C19H13ClN2O2/c20-15-10-8-14(9-11-15)19-21-18(24-22-19)12-23-17-7-3-5-13-4-1-2-6-16(13)17/h1-11H,12H2. The quantitative estimate of drug-likeness (QED) is 0.519. The van der Waals surface area contributed by atoms with Crippen molar-refractivity contribution in [3.05, 3.63) is 77.6 Å². The Bertz CT molecular complexity index is 975. The fourth-order valence-corrected chi connectivity index (χ4v) is 2.62. The van der Waals surface area contributed by atoms with Crippen LogP contribution in [0.1, 0.15) is 5.89 Å². The Balaban J connectivity index is 1.53. The van der Waals surface area contributed by atoms with E-state index in [1.165, 1.54) is 0 Å². The molecule has 0 aliphatic carbocycles. The molecule has 0 fully saturated rings. The lowest BCUT2D eigenvalue weighted by Crippen LogP contribution is -1.96. The molecule has 4 aromatic rings. The topological polar surface area (TPSA) is 48.2 Å². The molecule has 0 N–H and O–H groups in total. The second-order valence-electron chi connectivity index (χ2n) is 5.28. The highest BCUT2D eigenvalue weighted by Crippen LogP contribution is 2.26. The number of fused-ring (bicyclic) bond motifs is 1. The van der Waals surface area contributed by atoms with Gasteiger partial charge in [0, 0.05) is 16.0 Å². The van der Waals surface area contributed by atoms with Crippen LogP contribution in [-0.4, -0.2) is 10.1 Å². The van der Waals surface area contributed by atoms with E-state index in [9.17, 15) is 0 Å². The van der Waals surface area contributed by atoms with E-state index in [0.717, 1.165) is 22.1 Å². The molecule has 0 radical (unpaired) electrons. The molecule has 4 rings (SSSR count). The molecule has 0 aliphatic rings. The molecule has 0 aliphatic heterocycles. The van der Waals surface area contributed by atoms with Gasteiger partial charge in [0.1, 0.15) is 5.75 Å². The van der Waals surface area contributed by atoms with Crippen molar-refractivity contribution in [3.63, 3.8) is 0 Å². The van der Waals surface area contributed by atoms with Gasteiger partial charge >= 0.3 is 0 Å². The monoisotopic (exact) mass is 336 g/mol. The first-order valence-corrected chi connectivity index (χ1v) is 7.86. The van der Waals surface area contributed by atoms with Crippen LogP contribution >= 0.6 is 11.6 Å². The Labute approximate surface area is 143 Å². The van der Waals surface area contributed by atoms with Gasteiger partial charge in [-0.25, -0.2) is 0 Å². The van der Waals surface area contributed by atoms with Gasteiger partial charge in [0.25, 0.3) is 5.89 Å². The van der Waals surface area contributed by atoms with Crippen molar-refractivity contribution in [2.75, 3.05) is 0 Å². The van der Waals surface area contributed by atoms with Gasteiger partial charge in [0.05, 0.1) is 0 Å². The maximum atomic E-state index is 5.89. The third-order valence-corrected chi connectivity index (χ3v) is 3.92. The first-order valence-electron chi connectivity index (χ1n) is 7.49. The average Bonchev–Trinajstić information content (AvgIpc) is 3.09. The normalized spacial score (nSPS) is 10.9.